The van der Waals surface area contributed by atoms with E-state index in [9.17, 15) is 18.3 Å². The van der Waals surface area contributed by atoms with Gasteiger partial charge in [0.05, 0.1) is 7.11 Å². The topological polar surface area (TPSA) is 38.7 Å². The van der Waals surface area contributed by atoms with Gasteiger partial charge in [-0.15, -0.1) is 0 Å². The second-order valence-electron chi connectivity index (χ2n) is 8.51. The maximum Gasteiger partial charge on any atom is 0.166 e. The minimum atomic E-state index is -0.848. The molecule has 0 saturated heterocycles. The number of hydrogen-bond donors (Lipinski definition) is 1. The number of hydrogen-bond acceptors (Lipinski definition) is 3. The van der Waals surface area contributed by atoms with Crippen LogP contribution in [-0.4, -0.2) is 18.8 Å². The standard InChI is InChI=1S/C27H27F3O3/c1-32-25-13-4-18(14-24(25)28)16-33-21-9-7-20(8-10-21)23-12-11-22(26(29)27(23)30)19-5-2-17(15-31)3-6-19/h4,7-14,17,19,31H,2-3,5-6,15-16H2,1H3. The Morgan fingerprint density at radius 1 is 0.879 bits per heavy atom. The van der Waals surface area contributed by atoms with Crippen LogP contribution in [0.1, 0.15) is 42.7 Å². The van der Waals surface area contributed by atoms with Gasteiger partial charge in [-0.05, 0) is 78.5 Å². The molecule has 0 aromatic heterocycles. The van der Waals surface area contributed by atoms with Gasteiger partial charge in [0.15, 0.2) is 23.2 Å². The summed E-state index contributed by atoms with van der Waals surface area (Å²) in [6.07, 6.45) is 3.17. The van der Waals surface area contributed by atoms with Gasteiger partial charge in [0.1, 0.15) is 12.4 Å². The number of methoxy groups -OCH3 is 1. The maximum atomic E-state index is 14.9. The molecule has 6 heteroatoms. The number of benzene rings is 3. The lowest BCUT2D eigenvalue weighted by molar-refractivity contribution is 0.181. The summed E-state index contributed by atoms with van der Waals surface area (Å²) in [5.74, 6) is -1.15. The Bertz CT molecular complexity index is 1090. The van der Waals surface area contributed by atoms with Crippen molar-refractivity contribution in [1.29, 1.82) is 0 Å². The van der Waals surface area contributed by atoms with Crippen LogP contribution in [0.4, 0.5) is 13.2 Å². The molecule has 33 heavy (non-hydrogen) atoms. The number of rotatable bonds is 7. The van der Waals surface area contributed by atoms with Crippen LogP contribution in [0.2, 0.25) is 0 Å². The lowest BCUT2D eigenvalue weighted by atomic mass is 9.78. The van der Waals surface area contributed by atoms with E-state index in [0.29, 0.717) is 22.4 Å². The van der Waals surface area contributed by atoms with E-state index in [1.807, 2.05) is 0 Å². The number of aliphatic hydroxyl groups excluding tert-OH is 1. The largest absolute Gasteiger partial charge is 0.494 e. The molecule has 0 bridgehead atoms. The molecule has 174 valence electrons. The fourth-order valence-electron chi connectivity index (χ4n) is 4.46. The van der Waals surface area contributed by atoms with Crippen molar-refractivity contribution in [3.8, 4) is 22.6 Å². The highest BCUT2D eigenvalue weighted by Crippen LogP contribution is 2.39. The molecule has 0 spiro atoms. The predicted molar refractivity (Wildman–Crippen MR) is 121 cm³/mol. The number of aliphatic hydroxyl groups is 1. The van der Waals surface area contributed by atoms with Crippen LogP contribution >= 0.6 is 0 Å². The lowest BCUT2D eigenvalue weighted by Gasteiger charge is -2.28. The molecule has 1 aliphatic carbocycles. The maximum absolute atomic E-state index is 14.9. The summed E-state index contributed by atoms with van der Waals surface area (Å²) in [6, 6.07) is 14.6. The first-order chi connectivity index (χ1) is 16.0. The third kappa shape index (κ3) is 5.17. The third-order valence-corrected chi connectivity index (χ3v) is 6.44. The van der Waals surface area contributed by atoms with Gasteiger partial charge in [-0.3, -0.25) is 0 Å². The summed E-state index contributed by atoms with van der Waals surface area (Å²) in [5, 5.41) is 9.29. The minimum Gasteiger partial charge on any atom is -0.494 e. The van der Waals surface area contributed by atoms with E-state index < -0.39 is 17.5 Å². The van der Waals surface area contributed by atoms with Gasteiger partial charge in [-0.25, -0.2) is 13.2 Å². The Kier molecular flexibility index (Phi) is 7.23. The molecule has 0 aliphatic heterocycles. The first-order valence-electron chi connectivity index (χ1n) is 11.1. The Morgan fingerprint density at radius 2 is 1.61 bits per heavy atom. The molecule has 0 amide bonds. The molecule has 1 fully saturated rings. The van der Waals surface area contributed by atoms with Gasteiger partial charge < -0.3 is 14.6 Å². The van der Waals surface area contributed by atoms with Crippen LogP contribution in [0, 0.1) is 23.4 Å². The molecule has 3 nitrogen and oxygen atoms in total. The summed E-state index contributed by atoms with van der Waals surface area (Å²) in [5.41, 5.74) is 1.81. The zero-order valence-corrected chi connectivity index (χ0v) is 18.5. The molecule has 0 unspecified atom stereocenters. The fourth-order valence-corrected chi connectivity index (χ4v) is 4.46. The van der Waals surface area contributed by atoms with Crippen molar-refractivity contribution >= 4 is 0 Å². The van der Waals surface area contributed by atoms with Gasteiger partial charge in [0.25, 0.3) is 0 Å². The van der Waals surface area contributed by atoms with Crippen molar-refractivity contribution in [1.82, 2.24) is 0 Å². The molecule has 4 rings (SSSR count). The zero-order valence-electron chi connectivity index (χ0n) is 18.5. The van der Waals surface area contributed by atoms with Crippen molar-refractivity contribution in [2.45, 2.75) is 38.2 Å². The fraction of sp³-hybridized carbons (Fsp3) is 0.333. The summed E-state index contributed by atoms with van der Waals surface area (Å²) in [6.45, 7) is 0.315. The second kappa shape index (κ2) is 10.3. The van der Waals surface area contributed by atoms with E-state index in [1.54, 1.807) is 42.5 Å². The van der Waals surface area contributed by atoms with Crippen LogP contribution < -0.4 is 9.47 Å². The average molecular weight is 457 g/mol. The van der Waals surface area contributed by atoms with Crippen LogP contribution in [-0.2, 0) is 6.61 Å². The van der Waals surface area contributed by atoms with Gasteiger partial charge >= 0.3 is 0 Å². The van der Waals surface area contributed by atoms with Crippen molar-refractivity contribution < 1.29 is 27.8 Å². The Hall–Kier alpha value is -2.99. The quantitative estimate of drug-likeness (QED) is 0.434. The van der Waals surface area contributed by atoms with E-state index >= 15 is 0 Å². The van der Waals surface area contributed by atoms with Crippen molar-refractivity contribution in [2.24, 2.45) is 5.92 Å². The highest BCUT2D eigenvalue weighted by molar-refractivity contribution is 5.65. The highest BCUT2D eigenvalue weighted by Gasteiger charge is 2.26. The van der Waals surface area contributed by atoms with Crippen LogP contribution in [0.25, 0.3) is 11.1 Å². The normalized spacial score (nSPS) is 18.2. The van der Waals surface area contributed by atoms with Gasteiger partial charge in [-0.2, -0.15) is 0 Å². The van der Waals surface area contributed by atoms with Gasteiger partial charge in [0, 0.05) is 12.2 Å². The molecule has 0 heterocycles. The lowest BCUT2D eigenvalue weighted by Crippen LogP contribution is -2.17. The summed E-state index contributed by atoms with van der Waals surface area (Å²) in [7, 11) is 1.40. The summed E-state index contributed by atoms with van der Waals surface area (Å²) >= 11 is 0. The Morgan fingerprint density at radius 3 is 2.24 bits per heavy atom. The molecule has 3 aromatic carbocycles. The Labute approximate surface area is 191 Å². The van der Waals surface area contributed by atoms with Gasteiger partial charge in [0.2, 0.25) is 0 Å². The van der Waals surface area contributed by atoms with Crippen molar-refractivity contribution in [3.63, 3.8) is 0 Å². The average Bonchev–Trinajstić information content (AvgIpc) is 2.85. The summed E-state index contributed by atoms with van der Waals surface area (Å²) < 4.78 is 54.2. The minimum absolute atomic E-state index is 0.0186. The summed E-state index contributed by atoms with van der Waals surface area (Å²) in [4.78, 5) is 0. The Balaban J connectivity index is 1.44. The predicted octanol–water partition coefficient (Wildman–Crippen LogP) is 6.62. The second-order valence-corrected chi connectivity index (χ2v) is 8.51. The monoisotopic (exact) mass is 456 g/mol. The molecule has 1 N–H and O–H groups in total. The van der Waals surface area contributed by atoms with Crippen LogP contribution in [0.3, 0.4) is 0 Å². The SMILES string of the molecule is COc1ccc(COc2ccc(-c3ccc(C4CCC(CO)CC4)c(F)c3F)cc2)cc1F. The van der Waals surface area contributed by atoms with Crippen LogP contribution in [0.15, 0.2) is 54.6 Å². The van der Waals surface area contributed by atoms with Crippen molar-refractivity contribution in [3.05, 3.63) is 83.2 Å². The van der Waals surface area contributed by atoms with Crippen molar-refractivity contribution in [2.75, 3.05) is 13.7 Å². The molecule has 3 aromatic rings. The van der Waals surface area contributed by atoms with E-state index in [0.717, 1.165) is 25.7 Å². The number of ether oxygens (including phenoxy) is 2. The number of halogens is 3. The highest BCUT2D eigenvalue weighted by atomic mass is 19.2. The van der Waals surface area contributed by atoms with Gasteiger partial charge in [-0.1, -0.05) is 30.3 Å². The first-order valence-corrected chi connectivity index (χ1v) is 11.1. The van der Waals surface area contributed by atoms with Crippen LogP contribution in [0.5, 0.6) is 11.5 Å². The molecule has 1 aliphatic rings. The first kappa shape index (κ1) is 23.2. The van der Waals surface area contributed by atoms with E-state index in [1.165, 1.54) is 19.2 Å². The van der Waals surface area contributed by atoms with E-state index in [4.69, 9.17) is 9.47 Å². The molecule has 0 radical (unpaired) electrons. The molecular weight excluding hydrogens is 429 g/mol. The van der Waals surface area contributed by atoms with E-state index in [2.05, 4.69) is 0 Å². The zero-order chi connectivity index (χ0) is 23.4. The smallest absolute Gasteiger partial charge is 0.166 e. The third-order valence-electron chi connectivity index (χ3n) is 6.44. The van der Waals surface area contributed by atoms with E-state index in [-0.39, 0.29) is 36.4 Å². The molecule has 0 atom stereocenters. The molecular formula is C27H27F3O3. The molecule has 1 saturated carbocycles.